The van der Waals surface area contributed by atoms with Gasteiger partial charge in [0.05, 0.1) is 5.56 Å². The number of pyridine rings is 1. The molecule has 0 saturated heterocycles. The summed E-state index contributed by atoms with van der Waals surface area (Å²) in [7, 11) is 0. The van der Waals surface area contributed by atoms with Gasteiger partial charge in [0.2, 0.25) is 0 Å². The number of carbonyl (C=O) groups is 1. The Morgan fingerprint density at radius 1 is 1.24 bits per heavy atom. The fourth-order valence-corrected chi connectivity index (χ4v) is 3.43. The first kappa shape index (κ1) is 22.3. The van der Waals surface area contributed by atoms with Crippen LogP contribution in [0, 0.1) is 11.6 Å². The van der Waals surface area contributed by atoms with Gasteiger partial charge in [-0.1, -0.05) is 12.1 Å². The average Bonchev–Trinajstić information content (AvgIpc) is 3.24. The van der Waals surface area contributed by atoms with Crippen LogP contribution in [0.25, 0.3) is 22.6 Å². The number of aromatic nitrogens is 5. The first-order chi connectivity index (χ1) is 15.6. The number of carbonyl (C=O) groups excluding carboxylic acids is 1. The van der Waals surface area contributed by atoms with Gasteiger partial charge in [0.25, 0.3) is 0 Å². The molecule has 2 aromatic heterocycles. The molecule has 1 aliphatic rings. The molecule has 1 amide bonds. The molecular formula is C22H23F2N7O2. The Hall–Kier alpha value is -3.89. The third-order valence-electron chi connectivity index (χ3n) is 5.02. The van der Waals surface area contributed by atoms with Crippen molar-refractivity contribution >= 4 is 17.5 Å². The smallest absolute Gasteiger partial charge is 0.410 e. The van der Waals surface area contributed by atoms with Crippen LogP contribution in [0.15, 0.2) is 36.5 Å². The van der Waals surface area contributed by atoms with E-state index in [1.165, 1.54) is 12.1 Å². The zero-order valence-electron chi connectivity index (χ0n) is 18.4. The highest BCUT2D eigenvalue weighted by molar-refractivity contribution is 5.77. The van der Waals surface area contributed by atoms with Crippen molar-refractivity contribution in [3.05, 3.63) is 53.7 Å². The molecule has 4 rings (SSSR count). The summed E-state index contributed by atoms with van der Waals surface area (Å²) in [6.07, 6.45) is 3.74. The number of hydrogen-bond acceptors (Lipinski definition) is 7. The fraction of sp³-hybridized carbons (Fsp3) is 0.318. The molecule has 0 fully saturated rings. The predicted octanol–water partition coefficient (Wildman–Crippen LogP) is 3.61. The highest BCUT2D eigenvalue weighted by atomic mass is 19.2. The van der Waals surface area contributed by atoms with Gasteiger partial charge >= 0.3 is 6.09 Å². The molecule has 3 heterocycles. The Labute approximate surface area is 188 Å². The number of nitrogen functional groups attached to an aromatic ring is 1. The van der Waals surface area contributed by atoms with Gasteiger partial charge in [-0.05, 0) is 67.0 Å². The van der Waals surface area contributed by atoms with Gasteiger partial charge in [0, 0.05) is 19.3 Å². The van der Waals surface area contributed by atoms with Crippen LogP contribution in [0.1, 0.15) is 32.8 Å². The molecule has 0 aliphatic carbocycles. The molecule has 172 valence electrons. The summed E-state index contributed by atoms with van der Waals surface area (Å²) in [5.41, 5.74) is 7.44. The zero-order valence-corrected chi connectivity index (χ0v) is 18.4. The van der Waals surface area contributed by atoms with Crippen molar-refractivity contribution in [2.45, 2.75) is 32.8 Å². The topological polar surface area (TPSA) is 112 Å². The van der Waals surface area contributed by atoms with Crippen molar-refractivity contribution in [3.8, 4) is 17.1 Å². The first-order valence-corrected chi connectivity index (χ1v) is 10.3. The number of benzene rings is 1. The van der Waals surface area contributed by atoms with Gasteiger partial charge in [0.15, 0.2) is 17.5 Å². The molecule has 1 aromatic carbocycles. The quantitative estimate of drug-likeness (QED) is 0.642. The molecule has 3 aromatic rings. The Bertz CT molecular complexity index is 1230. The molecule has 0 atom stereocenters. The van der Waals surface area contributed by atoms with E-state index in [-0.39, 0.29) is 23.4 Å². The second kappa shape index (κ2) is 8.57. The summed E-state index contributed by atoms with van der Waals surface area (Å²) < 4.78 is 34.6. The normalized spacial score (nSPS) is 14.2. The van der Waals surface area contributed by atoms with E-state index in [0.717, 1.165) is 21.9 Å². The van der Waals surface area contributed by atoms with Gasteiger partial charge in [-0.3, -0.25) is 0 Å². The first-order valence-electron chi connectivity index (χ1n) is 10.3. The maximum absolute atomic E-state index is 14.3. The lowest BCUT2D eigenvalue weighted by molar-refractivity contribution is 0.0270. The van der Waals surface area contributed by atoms with E-state index in [2.05, 4.69) is 20.5 Å². The predicted molar refractivity (Wildman–Crippen MR) is 117 cm³/mol. The molecule has 9 nitrogen and oxygen atoms in total. The maximum Gasteiger partial charge on any atom is 0.410 e. The number of rotatable bonds is 3. The van der Waals surface area contributed by atoms with Crippen LogP contribution in [0.5, 0.6) is 0 Å². The van der Waals surface area contributed by atoms with E-state index >= 15 is 0 Å². The van der Waals surface area contributed by atoms with Gasteiger partial charge in [-0.15, -0.1) is 5.10 Å². The lowest BCUT2D eigenvalue weighted by Crippen LogP contribution is -2.39. The SMILES string of the molecule is CC(C)(C)OC(=O)N1CC=C(c2cnc(N)c(-c3nnnn3-c3cccc(F)c3F)c2)CC1. The van der Waals surface area contributed by atoms with Crippen LogP contribution in [0.2, 0.25) is 0 Å². The molecule has 0 unspecified atom stereocenters. The standard InChI is InChI=1S/C22H23F2N7O2/c1-22(2,3)33-21(32)30-9-7-13(8-10-30)14-11-15(19(25)26-12-14)20-27-28-29-31(20)17-6-4-5-16(23)18(17)24/h4-7,11-12H,8-10H2,1-3H3,(H2,25,26). The second-order valence-electron chi connectivity index (χ2n) is 8.55. The van der Waals surface area contributed by atoms with Crippen molar-refractivity contribution in [1.82, 2.24) is 30.1 Å². The number of halogens is 2. The number of tetrazole rings is 1. The van der Waals surface area contributed by atoms with Crippen LogP contribution in [0.4, 0.5) is 19.4 Å². The van der Waals surface area contributed by atoms with Gasteiger partial charge in [-0.2, -0.15) is 4.68 Å². The van der Waals surface area contributed by atoms with Gasteiger partial charge < -0.3 is 15.4 Å². The molecule has 0 radical (unpaired) electrons. The van der Waals surface area contributed by atoms with E-state index < -0.39 is 17.2 Å². The van der Waals surface area contributed by atoms with E-state index in [1.54, 1.807) is 17.2 Å². The van der Waals surface area contributed by atoms with Crippen LogP contribution < -0.4 is 5.73 Å². The minimum Gasteiger partial charge on any atom is -0.444 e. The van der Waals surface area contributed by atoms with Crippen molar-refractivity contribution in [2.75, 3.05) is 18.8 Å². The monoisotopic (exact) mass is 455 g/mol. The van der Waals surface area contributed by atoms with Crippen molar-refractivity contribution in [1.29, 1.82) is 0 Å². The summed E-state index contributed by atoms with van der Waals surface area (Å²) in [5.74, 6) is -1.83. The minimum absolute atomic E-state index is 0.123. The molecular weight excluding hydrogens is 432 g/mol. The van der Waals surface area contributed by atoms with E-state index in [0.29, 0.717) is 25.1 Å². The third kappa shape index (κ3) is 4.66. The number of anilines is 1. The fourth-order valence-electron chi connectivity index (χ4n) is 3.43. The van der Waals surface area contributed by atoms with Crippen molar-refractivity contribution < 1.29 is 18.3 Å². The average molecular weight is 455 g/mol. The minimum atomic E-state index is -1.08. The molecule has 2 N–H and O–H groups in total. The van der Waals surface area contributed by atoms with E-state index in [9.17, 15) is 13.6 Å². The molecule has 0 bridgehead atoms. The van der Waals surface area contributed by atoms with Crippen LogP contribution in [-0.2, 0) is 4.74 Å². The molecule has 33 heavy (non-hydrogen) atoms. The summed E-state index contributed by atoms with van der Waals surface area (Å²) in [5, 5.41) is 11.4. The summed E-state index contributed by atoms with van der Waals surface area (Å²) in [6.45, 7) is 6.33. The van der Waals surface area contributed by atoms with Crippen LogP contribution in [-0.4, -0.2) is 54.9 Å². The number of amides is 1. The van der Waals surface area contributed by atoms with E-state index in [4.69, 9.17) is 10.5 Å². The summed E-state index contributed by atoms with van der Waals surface area (Å²) >= 11 is 0. The highest BCUT2D eigenvalue weighted by Gasteiger charge is 2.25. The van der Waals surface area contributed by atoms with Crippen LogP contribution in [0.3, 0.4) is 0 Å². The van der Waals surface area contributed by atoms with Crippen LogP contribution >= 0.6 is 0 Å². The van der Waals surface area contributed by atoms with E-state index in [1.807, 2.05) is 26.8 Å². The molecule has 0 spiro atoms. The third-order valence-corrected chi connectivity index (χ3v) is 5.02. The number of hydrogen-bond donors (Lipinski definition) is 1. The Kier molecular flexibility index (Phi) is 5.79. The van der Waals surface area contributed by atoms with Gasteiger partial charge in [-0.25, -0.2) is 18.6 Å². The maximum atomic E-state index is 14.3. The number of ether oxygens (including phenoxy) is 1. The van der Waals surface area contributed by atoms with Gasteiger partial charge in [0.1, 0.15) is 17.1 Å². The summed E-state index contributed by atoms with van der Waals surface area (Å²) in [6, 6.07) is 5.48. The Balaban J connectivity index is 1.63. The second-order valence-corrected chi connectivity index (χ2v) is 8.55. The molecule has 11 heteroatoms. The lowest BCUT2D eigenvalue weighted by Gasteiger charge is -2.29. The van der Waals surface area contributed by atoms with Crippen molar-refractivity contribution in [2.24, 2.45) is 0 Å². The molecule has 1 aliphatic heterocycles. The number of nitrogens with zero attached hydrogens (tertiary/aromatic N) is 6. The highest BCUT2D eigenvalue weighted by Crippen LogP contribution is 2.30. The van der Waals surface area contributed by atoms with Crippen molar-refractivity contribution in [3.63, 3.8) is 0 Å². The molecule has 0 saturated carbocycles. The lowest BCUT2D eigenvalue weighted by atomic mass is 9.99. The number of nitrogens with two attached hydrogens (primary N) is 1. The Morgan fingerprint density at radius 3 is 2.73 bits per heavy atom. The summed E-state index contributed by atoms with van der Waals surface area (Å²) in [4.78, 5) is 18.2. The largest absolute Gasteiger partial charge is 0.444 e. The Morgan fingerprint density at radius 2 is 2.03 bits per heavy atom. The zero-order chi connectivity index (χ0) is 23.8.